The molecule has 1 heterocycles. The number of hydrogen-bond acceptors (Lipinski definition) is 5. The summed E-state index contributed by atoms with van der Waals surface area (Å²) in [5.74, 6) is -0.280. The summed E-state index contributed by atoms with van der Waals surface area (Å²) in [6.07, 6.45) is 0. The number of hydrogen-bond donors (Lipinski definition) is 1. The van der Waals surface area contributed by atoms with Crippen molar-refractivity contribution >= 4 is 23.2 Å². The van der Waals surface area contributed by atoms with Crippen LogP contribution in [-0.4, -0.2) is 25.1 Å². The summed E-state index contributed by atoms with van der Waals surface area (Å²) in [6.45, 7) is 5.24. The quantitative estimate of drug-likeness (QED) is 0.782. The van der Waals surface area contributed by atoms with Crippen molar-refractivity contribution in [2.75, 3.05) is 13.2 Å². The Balaban J connectivity index is 1.71. The van der Waals surface area contributed by atoms with Crippen molar-refractivity contribution in [3.05, 3.63) is 51.7 Å². The van der Waals surface area contributed by atoms with Crippen molar-refractivity contribution in [3.63, 3.8) is 0 Å². The van der Waals surface area contributed by atoms with Gasteiger partial charge in [-0.15, -0.1) is 11.3 Å². The summed E-state index contributed by atoms with van der Waals surface area (Å²) >= 11 is 1.56. The number of nitrogens with one attached hydrogen (secondary N) is 1. The van der Waals surface area contributed by atoms with E-state index in [0.29, 0.717) is 5.75 Å². The van der Waals surface area contributed by atoms with Crippen LogP contribution in [0.25, 0.3) is 0 Å². The Labute approximate surface area is 145 Å². The van der Waals surface area contributed by atoms with Gasteiger partial charge in [0.05, 0.1) is 6.04 Å². The molecule has 0 fully saturated rings. The van der Waals surface area contributed by atoms with Crippen LogP contribution in [0.5, 0.6) is 5.75 Å². The molecular weight excluding hydrogens is 326 g/mol. The summed E-state index contributed by atoms with van der Waals surface area (Å²) < 4.78 is 10.4. The molecular formula is C18H21NO4S. The highest BCUT2D eigenvalue weighted by Crippen LogP contribution is 2.19. The first-order chi connectivity index (χ1) is 11.5. The molecule has 1 atom stereocenters. The molecule has 0 radical (unpaired) electrons. The summed E-state index contributed by atoms with van der Waals surface area (Å²) in [7, 11) is 0. The fraction of sp³-hybridized carbons (Fsp3) is 0.333. The van der Waals surface area contributed by atoms with Gasteiger partial charge in [0.25, 0.3) is 5.91 Å². The molecule has 1 amide bonds. The van der Waals surface area contributed by atoms with Crippen LogP contribution in [-0.2, 0) is 14.3 Å². The van der Waals surface area contributed by atoms with E-state index in [-0.39, 0.29) is 25.2 Å². The summed E-state index contributed by atoms with van der Waals surface area (Å²) in [5.41, 5.74) is 2.07. The number of rotatable bonds is 7. The molecule has 6 heteroatoms. The van der Waals surface area contributed by atoms with Gasteiger partial charge in [-0.05, 0) is 43.8 Å². The van der Waals surface area contributed by atoms with Gasteiger partial charge in [-0.3, -0.25) is 4.79 Å². The zero-order valence-corrected chi connectivity index (χ0v) is 14.8. The second kappa shape index (κ2) is 8.49. The summed E-state index contributed by atoms with van der Waals surface area (Å²) in [6, 6.07) is 9.45. The second-order valence-electron chi connectivity index (χ2n) is 5.52. The van der Waals surface area contributed by atoms with E-state index < -0.39 is 5.97 Å². The van der Waals surface area contributed by atoms with E-state index >= 15 is 0 Å². The van der Waals surface area contributed by atoms with Gasteiger partial charge in [-0.25, -0.2) is 4.79 Å². The largest absolute Gasteiger partial charge is 0.482 e. The third-order valence-electron chi connectivity index (χ3n) is 3.39. The van der Waals surface area contributed by atoms with Crippen molar-refractivity contribution in [1.29, 1.82) is 0 Å². The first-order valence-corrected chi connectivity index (χ1v) is 8.52. The lowest BCUT2D eigenvalue weighted by atomic mass is 10.1. The third kappa shape index (κ3) is 5.38. The molecule has 0 spiro atoms. The Hall–Kier alpha value is -2.34. The fourth-order valence-electron chi connectivity index (χ4n) is 2.18. The monoisotopic (exact) mass is 347 g/mol. The third-order valence-corrected chi connectivity index (χ3v) is 4.44. The van der Waals surface area contributed by atoms with E-state index in [1.54, 1.807) is 11.3 Å². The smallest absolute Gasteiger partial charge is 0.344 e. The van der Waals surface area contributed by atoms with E-state index in [4.69, 9.17) is 9.47 Å². The molecule has 0 aliphatic heterocycles. The molecule has 1 aromatic heterocycles. The zero-order chi connectivity index (χ0) is 17.5. The minimum absolute atomic E-state index is 0.109. The van der Waals surface area contributed by atoms with Crippen molar-refractivity contribution in [2.24, 2.45) is 0 Å². The predicted octanol–water partition coefficient (Wildman–Crippen LogP) is 3.16. The highest BCUT2D eigenvalue weighted by Gasteiger charge is 2.13. The lowest BCUT2D eigenvalue weighted by Gasteiger charge is -2.13. The van der Waals surface area contributed by atoms with Crippen molar-refractivity contribution in [1.82, 2.24) is 5.32 Å². The molecule has 2 rings (SSSR count). The average Bonchev–Trinajstić information content (AvgIpc) is 3.06. The van der Waals surface area contributed by atoms with Crippen LogP contribution in [0.3, 0.4) is 0 Å². The van der Waals surface area contributed by atoms with Gasteiger partial charge >= 0.3 is 5.97 Å². The first-order valence-electron chi connectivity index (χ1n) is 7.64. The SMILES string of the molecule is Cc1ccc(OCC(=O)OCC(=O)N[C@H](C)c2cccs2)c(C)c1. The molecule has 0 saturated heterocycles. The maximum Gasteiger partial charge on any atom is 0.344 e. The standard InChI is InChI=1S/C18H21NO4S/c1-12-6-7-15(13(2)9-12)22-11-18(21)23-10-17(20)19-14(3)16-5-4-8-24-16/h4-9,14H,10-11H2,1-3H3,(H,19,20)/t14-/m1/s1. The average molecular weight is 347 g/mol. The molecule has 0 aliphatic rings. The predicted molar refractivity (Wildman–Crippen MR) is 93.2 cm³/mol. The minimum atomic E-state index is -0.575. The number of esters is 1. The van der Waals surface area contributed by atoms with E-state index in [2.05, 4.69) is 5.32 Å². The topological polar surface area (TPSA) is 64.6 Å². The number of amides is 1. The zero-order valence-electron chi connectivity index (χ0n) is 14.0. The van der Waals surface area contributed by atoms with Gasteiger partial charge in [0.15, 0.2) is 13.2 Å². The lowest BCUT2D eigenvalue weighted by molar-refractivity contribution is -0.150. The Morgan fingerprint density at radius 1 is 1.21 bits per heavy atom. The van der Waals surface area contributed by atoms with Gasteiger partial charge in [-0.1, -0.05) is 23.8 Å². The van der Waals surface area contributed by atoms with Gasteiger partial charge in [-0.2, -0.15) is 0 Å². The number of thiophene rings is 1. The molecule has 2 aromatic rings. The van der Waals surface area contributed by atoms with Gasteiger partial charge in [0.1, 0.15) is 5.75 Å². The normalized spacial score (nSPS) is 11.6. The molecule has 5 nitrogen and oxygen atoms in total. The molecule has 0 bridgehead atoms. The number of carbonyl (C=O) groups excluding carboxylic acids is 2. The summed E-state index contributed by atoms with van der Waals surface area (Å²) in [4.78, 5) is 24.5. The van der Waals surface area contributed by atoms with Crippen LogP contribution in [0.15, 0.2) is 35.7 Å². The van der Waals surface area contributed by atoms with Crippen LogP contribution in [0.1, 0.15) is 29.0 Å². The van der Waals surface area contributed by atoms with E-state index in [1.807, 2.05) is 56.5 Å². The first kappa shape index (κ1) is 18.0. The maximum absolute atomic E-state index is 11.8. The second-order valence-corrected chi connectivity index (χ2v) is 6.50. The highest BCUT2D eigenvalue weighted by molar-refractivity contribution is 7.10. The number of benzene rings is 1. The number of carbonyl (C=O) groups is 2. The van der Waals surface area contributed by atoms with Crippen LogP contribution >= 0.6 is 11.3 Å². The van der Waals surface area contributed by atoms with Crippen molar-refractivity contribution < 1.29 is 19.1 Å². The molecule has 24 heavy (non-hydrogen) atoms. The molecule has 128 valence electrons. The summed E-state index contributed by atoms with van der Waals surface area (Å²) in [5, 5.41) is 4.73. The lowest BCUT2D eigenvalue weighted by Crippen LogP contribution is -2.31. The van der Waals surface area contributed by atoms with Crippen LogP contribution in [0, 0.1) is 13.8 Å². The van der Waals surface area contributed by atoms with E-state index in [0.717, 1.165) is 16.0 Å². The van der Waals surface area contributed by atoms with Crippen molar-refractivity contribution in [3.8, 4) is 5.75 Å². The Kier molecular flexibility index (Phi) is 6.37. The minimum Gasteiger partial charge on any atom is -0.482 e. The van der Waals surface area contributed by atoms with Crippen LogP contribution < -0.4 is 10.1 Å². The molecule has 0 unspecified atom stereocenters. The van der Waals surface area contributed by atoms with E-state index in [1.165, 1.54) is 0 Å². The van der Waals surface area contributed by atoms with Gasteiger partial charge in [0.2, 0.25) is 0 Å². The highest BCUT2D eigenvalue weighted by atomic mass is 32.1. The Morgan fingerprint density at radius 3 is 2.67 bits per heavy atom. The van der Waals surface area contributed by atoms with Gasteiger partial charge in [0, 0.05) is 4.88 Å². The van der Waals surface area contributed by atoms with Crippen LogP contribution in [0.4, 0.5) is 0 Å². The fourth-order valence-corrected chi connectivity index (χ4v) is 2.91. The van der Waals surface area contributed by atoms with Gasteiger partial charge < -0.3 is 14.8 Å². The number of aryl methyl sites for hydroxylation is 2. The van der Waals surface area contributed by atoms with Crippen molar-refractivity contribution in [2.45, 2.75) is 26.8 Å². The Bertz CT molecular complexity index is 697. The molecule has 1 N–H and O–H groups in total. The molecule has 0 saturated carbocycles. The van der Waals surface area contributed by atoms with Crippen LogP contribution in [0.2, 0.25) is 0 Å². The number of ether oxygens (including phenoxy) is 2. The molecule has 1 aromatic carbocycles. The Morgan fingerprint density at radius 2 is 2.00 bits per heavy atom. The van der Waals surface area contributed by atoms with E-state index in [9.17, 15) is 9.59 Å². The molecule has 0 aliphatic carbocycles. The maximum atomic E-state index is 11.8.